The number of imidazole rings is 1. The van der Waals surface area contributed by atoms with E-state index in [1.165, 1.54) is 0 Å². The van der Waals surface area contributed by atoms with Gasteiger partial charge in [0.15, 0.2) is 5.15 Å². The molecule has 0 aliphatic carbocycles. The lowest BCUT2D eigenvalue weighted by molar-refractivity contribution is 0.648. The van der Waals surface area contributed by atoms with E-state index in [0.717, 1.165) is 11.4 Å². The van der Waals surface area contributed by atoms with Crippen LogP contribution in [0.4, 0.5) is 0 Å². The Morgan fingerprint density at radius 3 is 2.81 bits per heavy atom. The molecule has 1 N–H and O–H groups in total. The highest BCUT2D eigenvalue weighted by Crippen LogP contribution is 2.19. The van der Waals surface area contributed by atoms with Crippen LogP contribution >= 0.6 is 34.5 Å². The summed E-state index contributed by atoms with van der Waals surface area (Å²) in [7, 11) is 1.83. The van der Waals surface area contributed by atoms with Crippen molar-refractivity contribution >= 4 is 34.5 Å². The van der Waals surface area contributed by atoms with Crippen molar-refractivity contribution in [2.45, 2.75) is 13.1 Å². The molecule has 0 spiro atoms. The molecule has 2 aromatic heterocycles. The SMILES string of the molecule is Cn1c(Cl)nc(Cl)c1CNCc1cscn1. The van der Waals surface area contributed by atoms with Crippen molar-refractivity contribution in [2.24, 2.45) is 7.05 Å². The first-order chi connectivity index (χ1) is 7.68. The number of halogens is 2. The second-order valence-corrected chi connectivity index (χ2v) is 4.68. The van der Waals surface area contributed by atoms with Crippen molar-refractivity contribution in [3.8, 4) is 0 Å². The number of nitrogens with one attached hydrogen (secondary N) is 1. The van der Waals surface area contributed by atoms with Crippen LogP contribution in [0.15, 0.2) is 10.9 Å². The molecule has 0 unspecified atom stereocenters. The molecular weight excluding hydrogens is 267 g/mol. The Labute approximate surface area is 107 Å². The van der Waals surface area contributed by atoms with E-state index in [-0.39, 0.29) is 0 Å². The quantitative estimate of drug-likeness (QED) is 0.933. The van der Waals surface area contributed by atoms with Crippen LogP contribution in [-0.2, 0) is 20.1 Å². The maximum atomic E-state index is 5.94. The molecular formula is C9H10Cl2N4S. The van der Waals surface area contributed by atoms with Crippen molar-refractivity contribution in [3.05, 3.63) is 32.7 Å². The van der Waals surface area contributed by atoms with E-state index in [0.29, 0.717) is 23.5 Å². The highest BCUT2D eigenvalue weighted by atomic mass is 35.5. The first-order valence-electron chi connectivity index (χ1n) is 4.63. The molecule has 16 heavy (non-hydrogen) atoms. The van der Waals surface area contributed by atoms with Crippen molar-refractivity contribution in [1.29, 1.82) is 0 Å². The predicted octanol–water partition coefficient (Wildman–Crippen LogP) is 2.47. The molecule has 0 saturated heterocycles. The first-order valence-corrected chi connectivity index (χ1v) is 6.32. The van der Waals surface area contributed by atoms with Gasteiger partial charge in [0.1, 0.15) is 0 Å². The number of thiazole rings is 1. The maximum absolute atomic E-state index is 5.94. The second-order valence-electron chi connectivity index (χ2n) is 3.26. The van der Waals surface area contributed by atoms with Crippen LogP contribution in [0.25, 0.3) is 0 Å². The average molecular weight is 277 g/mol. The normalized spacial score (nSPS) is 10.9. The minimum absolute atomic E-state index is 0.399. The lowest BCUT2D eigenvalue weighted by Gasteiger charge is -2.04. The summed E-state index contributed by atoms with van der Waals surface area (Å²) in [5.74, 6) is 0. The van der Waals surface area contributed by atoms with Gasteiger partial charge in [0, 0.05) is 25.5 Å². The number of hydrogen-bond donors (Lipinski definition) is 1. The summed E-state index contributed by atoms with van der Waals surface area (Å²) in [6.45, 7) is 1.33. The molecule has 0 bridgehead atoms. The molecule has 0 amide bonds. The van der Waals surface area contributed by atoms with Gasteiger partial charge < -0.3 is 9.88 Å². The van der Waals surface area contributed by atoms with E-state index in [9.17, 15) is 0 Å². The van der Waals surface area contributed by atoms with Gasteiger partial charge in [0.2, 0.25) is 5.28 Å². The highest BCUT2D eigenvalue weighted by Gasteiger charge is 2.10. The van der Waals surface area contributed by atoms with Crippen LogP contribution in [0, 0.1) is 0 Å². The molecule has 0 aromatic carbocycles. The third-order valence-electron chi connectivity index (χ3n) is 2.19. The molecule has 7 heteroatoms. The fourth-order valence-corrected chi connectivity index (χ4v) is 2.36. The fraction of sp³-hybridized carbons (Fsp3) is 0.333. The monoisotopic (exact) mass is 276 g/mol. The van der Waals surface area contributed by atoms with Gasteiger partial charge in [-0.15, -0.1) is 11.3 Å². The van der Waals surface area contributed by atoms with Crippen LogP contribution in [0.2, 0.25) is 10.4 Å². The number of nitrogens with zero attached hydrogens (tertiary/aromatic N) is 3. The van der Waals surface area contributed by atoms with Gasteiger partial charge in [-0.3, -0.25) is 0 Å². The van der Waals surface area contributed by atoms with Gasteiger partial charge >= 0.3 is 0 Å². The summed E-state index contributed by atoms with van der Waals surface area (Å²) in [4.78, 5) is 8.14. The fourth-order valence-electron chi connectivity index (χ4n) is 1.30. The molecule has 86 valence electrons. The Bertz CT molecular complexity index is 466. The van der Waals surface area contributed by atoms with Gasteiger partial charge in [-0.2, -0.15) is 0 Å². The number of rotatable bonds is 4. The Morgan fingerprint density at radius 1 is 1.44 bits per heavy atom. The molecule has 0 saturated carbocycles. The van der Waals surface area contributed by atoms with Crippen LogP contribution in [0.1, 0.15) is 11.4 Å². The van der Waals surface area contributed by atoms with Crippen LogP contribution in [-0.4, -0.2) is 14.5 Å². The zero-order valence-corrected chi connectivity index (χ0v) is 10.9. The zero-order chi connectivity index (χ0) is 11.5. The van der Waals surface area contributed by atoms with Crippen molar-refractivity contribution < 1.29 is 0 Å². The first kappa shape index (κ1) is 11.9. The maximum Gasteiger partial charge on any atom is 0.204 e. The molecule has 2 rings (SSSR count). The predicted molar refractivity (Wildman–Crippen MR) is 65.9 cm³/mol. The van der Waals surface area contributed by atoms with Gasteiger partial charge in [-0.25, -0.2) is 9.97 Å². The lowest BCUT2D eigenvalue weighted by Crippen LogP contribution is -2.15. The topological polar surface area (TPSA) is 42.7 Å². The minimum Gasteiger partial charge on any atom is -0.319 e. The Morgan fingerprint density at radius 2 is 2.25 bits per heavy atom. The highest BCUT2D eigenvalue weighted by molar-refractivity contribution is 7.07. The van der Waals surface area contributed by atoms with E-state index in [1.807, 2.05) is 17.9 Å². The molecule has 0 radical (unpaired) electrons. The summed E-state index contributed by atoms with van der Waals surface area (Å²) in [5, 5.41) is 6.09. The van der Waals surface area contributed by atoms with Gasteiger partial charge in [-0.05, 0) is 11.6 Å². The number of hydrogen-bond acceptors (Lipinski definition) is 4. The molecule has 0 aliphatic rings. The van der Waals surface area contributed by atoms with Crippen molar-refractivity contribution in [3.63, 3.8) is 0 Å². The standard InChI is InChI=1S/C9H10Cl2N4S/c1-15-7(8(10)14-9(15)11)3-12-2-6-4-16-5-13-6/h4-5,12H,2-3H2,1H3. The van der Waals surface area contributed by atoms with Crippen LogP contribution in [0.3, 0.4) is 0 Å². The third kappa shape index (κ3) is 2.55. The average Bonchev–Trinajstić information content (AvgIpc) is 2.82. The van der Waals surface area contributed by atoms with Gasteiger partial charge in [0.25, 0.3) is 0 Å². The smallest absolute Gasteiger partial charge is 0.204 e. The Kier molecular flexibility index (Phi) is 3.81. The van der Waals surface area contributed by atoms with Gasteiger partial charge in [-0.1, -0.05) is 11.6 Å². The molecule has 2 aromatic rings. The molecule has 0 atom stereocenters. The largest absolute Gasteiger partial charge is 0.319 e. The van der Waals surface area contributed by atoms with E-state index < -0.39 is 0 Å². The van der Waals surface area contributed by atoms with E-state index >= 15 is 0 Å². The Balaban J connectivity index is 1.95. The second kappa shape index (κ2) is 5.14. The van der Waals surface area contributed by atoms with Crippen LogP contribution in [0.5, 0.6) is 0 Å². The molecule has 0 aliphatic heterocycles. The summed E-state index contributed by atoms with van der Waals surface area (Å²) < 4.78 is 1.76. The molecule has 2 heterocycles. The van der Waals surface area contributed by atoms with Crippen molar-refractivity contribution in [1.82, 2.24) is 19.9 Å². The third-order valence-corrected chi connectivity index (χ3v) is 3.47. The summed E-state index contributed by atoms with van der Waals surface area (Å²) in [5.41, 5.74) is 3.71. The Hall–Kier alpha value is -0.620. The van der Waals surface area contributed by atoms with E-state index in [1.54, 1.807) is 15.9 Å². The van der Waals surface area contributed by atoms with E-state index in [2.05, 4.69) is 15.3 Å². The minimum atomic E-state index is 0.399. The number of aromatic nitrogens is 3. The van der Waals surface area contributed by atoms with E-state index in [4.69, 9.17) is 23.2 Å². The lowest BCUT2D eigenvalue weighted by atomic mass is 10.4. The summed E-state index contributed by atoms with van der Waals surface area (Å²) in [6.07, 6.45) is 0. The zero-order valence-electron chi connectivity index (χ0n) is 8.57. The van der Waals surface area contributed by atoms with Gasteiger partial charge in [0.05, 0.1) is 16.9 Å². The van der Waals surface area contributed by atoms with Crippen molar-refractivity contribution in [2.75, 3.05) is 0 Å². The van der Waals surface area contributed by atoms with Crippen LogP contribution < -0.4 is 5.32 Å². The summed E-state index contributed by atoms with van der Waals surface area (Å²) >= 11 is 13.4. The molecule has 4 nitrogen and oxygen atoms in total. The molecule has 0 fully saturated rings. The summed E-state index contributed by atoms with van der Waals surface area (Å²) in [6, 6.07) is 0.